The van der Waals surface area contributed by atoms with Crippen molar-refractivity contribution in [2.75, 3.05) is 17.2 Å². The van der Waals surface area contributed by atoms with Crippen molar-refractivity contribution >= 4 is 44.9 Å². The molecule has 7 heteroatoms. The van der Waals surface area contributed by atoms with Gasteiger partial charge in [-0.25, -0.2) is 14.4 Å². The fourth-order valence-electron chi connectivity index (χ4n) is 2.59. The number of aryl methyl sites for hydroxylation is 2. The van der Waals surface area contributed by atoms with Gasteiger partial charge in [-0.05, 0) is 50.6 Å². The number of carbonyl (C=O) groups is 1. The van der Waals surface area contributed by atoms with E-state index in [-0.39, 0.29) is 17.5 Å². The maximum absolute atomic E-state index is 13.1. The van der Waals surface area contributed by atoms with Crippen LogP contribution in [0.5, 0.6) is 0 Å². The van der Waals surface area contributed by atoms with Crippen molar-refractivity contribution in [3.8, 4) is 0 Å². The molecule has 0 saturated heterocycles. The molecule has 0 saturated carbocycles. The number of nitrogens with zero attached hydrogens (tertiary/aromatic N) is 3. The molecule has 2 heterocycles. The van der Waals surface area contributed by atoms with E-state index in [1.54, 1.807) is 34.7 Å². The van der Waals surface area contributed by atoms with Crippen LogP contribution < -0.4 is 4.90 Å². The lowest BCUT2D eigenvalue weighted by atomic mass is 10.2. The number of hydrogen-bond acceptors (Lipinski definition) is 5. The van der Waals surface area contributed by atoms with Crippen molar-refractivity contribution in [1.29, 1.82) is 0 Å². The summed E-state index contributed by atoms with van der Waals surface area (Å²) in [6, 6.07) is 5.97. The maximum Gasteiger partial charge on any atom is 0.237 e. The summed E-state index contributed by atoms with van der Waals surface area (Å²) in [7, 11) is 0. The summed E-state index contributed by atoms with van der Waals surface area (Å²) in [6.07, 6.45) is 1.54. The summed E-state index contributed by atoms with van der Waals surface area (Å²) < 4.78 is 13.1. The highest BCUT2D eigenvalue weighted by molar-refractivity contribution is 8.00. The third-order valence-electron chi connectivity index (χ3n) is 4.02. The lowest BCUT2D eigenvalue weighted by Crippen LogP contribution is -2.32. The molecule has 130 valence electrons. The van der Waals surface area contributed by atoms with Crippen LogP contribution in [-0.4, -0.2) is 28.2 Å². The highest BCUT2D eigenvalue weighted by Gasteiger charge is 2.17. The predicted octanol–water partition coefficient (Wildman–Crippen LogP) is 4.59. The summed E-state index contributed by atoms with van der Waals surface area (Å²) in [5.74, 6) is -0.0742. The van der Waals surface area contributed by atoms with Crippen molar-refractivity contribution in [3.05, 3.63) is 46.9 Å². The summed E-state index contributed by atoms with van der Waals surface area (Å²) in [4.78, 5) is 25.1. The first kappa shape index (κ1) is 17.8. The van der Waals surface area contributed by atoms with Gasteiger partial charge in [-0.2, -0.15) is 0 Å². The van der Waals surface area contributed by atoms with Gasteiger partial charge in [0.05, 0.1) is 5.75 Å². The molecular weight excluding hydrogens is 357 g/mol. The predicted molar refractivity (Wildman–Crippen MR) is 102 cm³/mol. The summed E-state index contributed by atoms with van der Waals surface area (Å²) in [6.45, 7) is 6.55. The highest BCUT2D eigenvalue weighted by Crippen LogP contribution is 2.34. The molecule has 25 heavy (non-hydrogen) atoms. The molecular formula is C18H18FN3OS2. The Balaban J connectivity index is 1.78. The number of amides is 1. The smallest absolute Gasteiger partial charge is 0.237 e. The van der Waals surface area contributed by atoms with E-state index >= 15 is 0 Å². The number of thiophene rings is 1. The minimum absolute atomic E-state index is 0.0320. The Kier molecular flexibility index (Phi) is 5.34. The molecule has 0 aliphatic carbocycles. The van der Waals surface area contributed by atoms with E-state index in [0.717, 1.165) is 15.2 Å². The SMILES string of the molecule is CCN(C(=O)CSc1ncnc2sc(C)c(C)c12)c1ccc(F)cc1. The molecule has 1 amide bonds. The second-order valence-corrected chi connectivity index (χ2v) is 7.71. The number of aromatic nitrogens is 2. The van der Waals surface area contributed by atoms with Crippen LogP contribution in [0.3, 0.4) is 0 Å². The average molecular weight is 375 g/mol. The van der Waals surface area contributed by atoms with E-state index in [1.807, 2.05) is 6.92 Å². The molecule has 1 aromatic carbocycles. The molecule has 0 aliphatic rings. The largest absolute Gasteiger partial charge is 0.312 e. The Labute approximate surface area is 154 Å². The summed E-state index contributed by atoms with van der Waals surface area (Å²) >= 11 is 3.06. The van der Waals surface area contributed by atoms with Crippen LogP contribution >= 0.6 is 23.1 Å². The first-order valence-electron chi connectivity index (χ1n) is 7.90. The number of anilines is 1. The fraction of sp³-hybridized carbons (Fsp3) is 0.278. The molecule has 3 rings (SSSR count). The number of halogens is 1. The van der Waals surface area contributed by atoms with Crippen LogP contribution in [-0.2, 0) is 4.79 Å². The lowest BCUT2D eigenvalue weighted by Gasteiger charge is -2.20. The topological polar surface area (TPSA) is 46.1 Å². The Morgan fingerprint density at radius 3 is 2.64 bits per heavy atom. The second-order valence-electron chi connectivity index (χ2n) is 5.55. The highest BCUT2D eigenvalue weighted by atomic mass is 32.2. The molecule has 0 bridgehead atoms. The number of carbonyl (C=O) groups excluding carboxylic acids is 1. The zero-order valence-electron chi connectivity index (χ0n) is 14.2. The lowest BCUT2D eigenvalue weighted by molar-refractivity contribution is -0.116. The summed E-state index contributed by atoms with van der Waals surface area (Å²) in [5, 5.41) is 1.86. The van der Waals surface area contributed by atoms with Gasteiger partial charge >= 0.3 is 0 Å². The number of fused-ring (bicyclic) bond motifs is 1. The molecule has 2 aromatic heterocycles. The van der Waals surface area contributed by atoms with Gasteiger partial charge in [0, 0.05) is 22.5 Å². The third kappa shape index (κ3) is 3.67. The van der Waals surface area contributed by atoms with Gasteiger partial charge in [0.1, 0.15) is 22.0 Å². The van der Waals surface area contributed by atoms with Crippen molar-refractivity contribution < 1.29 is 9.18 Å². The average Bonchev–Trinajstić information content (AvgIpc) is 2.90. The number of thioether (sulfide) groups is 1. The zero-order chi connectivity index (χ0) is 18.0. The van der Waals surface area contributed by atoms with Gasteiger partial charge in [0.2, 0.25) is 5.91 Å². The molecule has 0 N–H and O–H groups in total. The van der Waals surface area contributed by atoms with Gasteiger partial charge in [-0.3, -0.25) is 4.79 Å². The Hall–Kier alpha value is -1.99. The number of hydrogen-bond donors (Lipinski definition) is 0. The van der Waals surface area contributed by atoms with Crippen molar-refractivity contribution in [2.45, 2.75) is 25.8 Å². The molecule has 0 atom stereocenters. The van der Waals surface area contributed by atoms with Crippen LogP contribution in [0.1, 0.15) is 17.4 Å². The van der Waals surface area contributed by atoms with Crippen molar-refractivity contribution in [2.24, 2.45) is 0 Å². The molecule has 4 nitrogen and oxygen atoms in total. The van der Waals surface area contributed by atoms with Gasteiger partial charge < -0.3 is 4.90 Å². The fourth-order valence-corrected chi connectivity index (χ4v) is 4.58. The molecule has 0 unspecified atom stereocenters. The Morgan fingerprint density at radius 1 is 1.24 bits per heavy atom. The van der Waals surface area contributed by atoms with E-state index in [1.165, 1.54) is 34.3 Å². The van der Waals surface area contributed by atoms with E-state index in [9.17, 15) is 9.18 Å². The normalized spacial score (nSPS) is 11.0. The van der Waals surface area contributed by atoms with Gasteiger partial charge in [-0.15, -0.1) is 11.3 Å². The van der Waals surface area contributed by atoms with Crippen LogP contribution in [0, 0.1) is 19.7 Å². The monoisotopic (exact) mass is 375 g/mol. The number of rotatable bonds is 5. The van der Waals surface area contributed by atoms with Crippen molar-refractivity contribution in [1.82, 2.24) is 9.97 Å². The third-order valence-corrected chi connectivity index (χ3v) is 6.11. The van der Waals surface area contributed by atoms with E-state index in [4.69, 9.17) is 0 Å². The van der Waals surface area contributed by atoms with E-state index in [0.29, 0.717) is 12.2 Å². The zero-order valence-corrected chi connectivity index (χ0v) is 15.9. The standard InChI is InChI=1S/C18H18FN3OS2/c1-4-22(14-7-5-13(19)6-8-14)15(23)9-24-17-16-11(2)12(3)25-18(16)21-10-20-17/h5-8,10H,4,9H2,1-3H3. The Bertz CT molecular complexity index is 909. The molecule has 0 aliphatic heterocycles. The first-order valence-corrected chi connectivity index (χ1v) is 9.71. The van der Waals surface area contributed by atoms with E-state index in [2.05, 4.69) is 23.8 Å². The molecule has 0 radical (unpaired) electrons. The van der Waals surface area contributed by atoms with Crippen LogP contribution in [0.15, 0.2) is 35.6 Å². The quantitative estimate of drug-likeness (QED) is 0.483. The maximum atomic E-state index is 13.1. The first-order chi connectivity index (χ1) is 12.0. The minimum Gasteiger partial charge on any atom is -0.312 e. The number of benzene rings is 1. The molecule has 3 aromatic rings. The van der Waals surface area contributed by atoms with Crippen LogP contribution in [0.25, 0.3) is 10.2 Å². The second kappa shape index (κ2) is 7.49. The van der Waals surface area contributed by atoms with Crippen LogP contribution in [0.4, 0.5) is 10.1 Å². The van der Waals surface area contributed by atoms with Gasteiger partial charge in [0.15, 0.2) is 0 Å². The molecule has 0 fully saturated rings. The van der Waals surface area contributed by atoms with Gasteiger partial charge in [0.25, 0.3) is 0 Å². The van der Waals surface area contributed by atoms with Crippen LogP contribution in [0.2, 0.25) is 0 Å². The van der Waals surface area contributed by atoms with E-state index < -0.39 is 0 Å². The van der Waals surface area contributed by atoms with Gasteiger partial charge in [-0.1, -0.05) is 11.8 Å². The minimum atomic E-state index is -0.312. The van der Waals surface area contributed by atoms with Crippen molar-refractivity contribution in [3.63, 3.8) is 0 Å². The summed E-state index contributed by atoms with van der Waals surface area (Å²) in [5.41, 5.74) is 1.87. The Morgan fingerprint density at radius 2 is 1.96 bits per heavy atom. The molecule has 0 spiro atoms.